The predicted octanol–water partition coefficient (Wildman–Crippen LogP) is 4.86. The van der Waals surface area contributed by atoms with E-state index in [1.54, 1.807) is 0 Å². The molecule has 4 heteroatoms. The first-order chi connectivity index (χ1) is 9.01. The van der Waals surface area contributed by atoms with Gasteiger partial charge in [-0.05, 0) is 51.7 Å². The Morgan fingerprint density at radius 1 is 1.05 bits per heavy atom. The van der Waals surface area contributed by atoms with Crippen molar-refractivity contribution in [2.45, 2.75) is 77.4 Å². The van der Waals surface area contributed by atoms with E-state index in [4.69, 9.17) is 4.53 Å². The van der Waals surface area contributed by atoms with Crippen molar-refractivity contribution < 1.29 is 4.53 Å². The molecule has 0 aliphatic heterocycles. The number of hydrogen-bond acceptors (Lipinski definition) is 3. The lowest BCUT2D eigenvalue weighted by molar-refractivity contribution is 0.331. The average Bonchev–Trinajstić information content (AvgIpc) is 2.39. The summed E-state index contributed by atoms with van der Waals surface area (Å²) in [5, 5.41) is 13.6. The molecule has 0 aromatic heterocycles. The Morgan fingerprint density at radius 3 is 2.42 bits per heavy atom. The number of nitrogens with zero attached hydrogens (tertiary/aromatic N) is 2. The molecule has 0 N–H and O–H groups in total. The third kappa shape index (κ3) is 8.04. The lowest BCUT2D eigenvalue weighted by Gasteiger charge is -2.15. The molecule has 108 valence electrons. The fraction of sp³-hybridized carbons (Fsp3) is 0.867. The van der Waals surface area contributed by atoms with Crippen LogP contribution < -0.4 is 0 Å². The van der Waals surface area contributed by atoms with Gasteiger partial charge in [0.25, 0.3) is 8.32 Å². The van der Waals surface area contributed by atoms with Gasteiger partial charge in [-0.2, -0.15) is 5.26 Å². The Kier molecular flexibility index (Phi) is 7.15. The van der Waals surface area contributed by atoms with Gasteiger partial charge >= 0.3 is 0 Å². The van der Waals surface area contributed by atoms with Gasteiger partial charge in [-0.1, -0.05) is 25.7 Å². The van der Waals surface area contributed by atoms with Gasteiger partial charge in [0.15, 0.2) is 0 Å². The third-order valence-corrected chi connectivity index (χ3v) is 4.07. The summed E-state index contributed by atoms with van der Waals surface area (Å²) < 4.78 is 5.68. The second-order valence-electron chi connectivity index (χ2n) is 6.53. The maximum atomic E-state index is 9.17. The molecule has 0 amide bonds. The van der Waals surface area contributed by atoms with Crippen LogP contribution in [0.15, 0.2) is 5.16 Å². The van der Waals surface area contributed by atoms with Gasteiger partial charge in [0.1, 0.15) is 0 Å². The first kappa shape index (κ1) is 16.2. The third-order valence-electron chi connectivity index (χ3n) is 3.43. The standard InChI is InChI=1S/C15H28N2OSi/c1-19(2,3)18-17-15-10-8-6-4-5-7-9-14(13-16)11-12-15/h14H,4-12H2,1-3H3. The van der Waals surface area contributed by atoms with E-state index in [0.29, 0.717) is 0 Å². The topological polar surface area (TPSA) is 45.4 Å². The highest BCUT2D eigenvalue weighted by Gasteiger charge is 2.17. The summed E-state index contributed by atoms with van der Waals surface area (Å²) in [6.45, 7) is 6.46. The van der Waals surface area contributed by atoms with Gasteiger partial charge < -0.3 is 4.53 Å². The van der Waals surface area contributed by atoms with Crippen LogP contribution >= 0.6 is 0 Å². The molecule has 1 fully saturated rings. The van der Waals surface area contributed by atoms with E-state index in [2.05, 4.69) is 30.9 Å². The average molecular weight is 280 g/mol. The summed E-state index contributed by atoms with van der Waals surface area (Å²) in [6.07, 6.45) is 10.2. The van der Waals surface area contributed by atoms with Crippen molar-refractivity contribution in [1.29, 1.82) is 5.26 Å². The van der Waals surface area contributed by atoms with E-state index >= 15 is 0 Å². The molecule has 1 atom stereocenters. The minimum absolute atomic E-state index is 0.204. The van der Waals surface area contributed by atoms with Gasteiger partial charge in [-0.15, -0.1) is 5.16 Å². The molecule has 19 heavy (non-hydrogen) atoms. The molecule has 1 unspecified atom stereocenters. The molecule has 0 bridgehead atoms. The van der Waals surface area contributed by atoms with Gasteiger partial charge in [-0.3, -0.25) is 0 Å². The summed E-state index contributed by atoms with van der Waals surface area (Å²) in [6, 6.07) is 2.45. The first-order valence-electron chi connectivity index (χ1n) is 7.65. The van der Waals surface area contributed by atoms with E-state index < -0.39 is 8.32 Å². The van der Waals surface area contributed by atoms with Crippen LogP contribution in [0.25, 0.3) is 0 Å². The van der Waals surface area contributed by atoms with Crippen LogP contribution in [0.1, 0.15) is 57.8 Å². The van der Waals surface area contributed by atoms with Crippen LogP contribution in [-0.4, -0.2) is 14.0 Å². The fourth-order valence-electron chi connectivity index (χ4n) is 2.28. The minimum atomic E-state index is -1.58. The number of nitriles is 1. The molecule has 1 saturated carbocycles. The summed E-state index contributed by atoms with van der Waals surface area (Å²) >= 11 is 0. The van der Waals surface area contributed by atoms with Crippen LogP contribution in [0.3, 0.4) is 0 Å². The molecule has 1 aliphatic carbocycles. The summed E-state index contributed by atoms with van der Waals surface area (Å²) in [5.41, 5.74) is 1.17. The van der Waals surface area contributed by atoms with Crippen molar-refractivity contribution in [3.63, 3.8) is 0 Å². The molecule has 0 saturated heterocycles. The lowest BCUT2D eigenvalue weighted by atomic mass is 9.96. The van der Waals surface area contributed by atoms with E-state index in [-0.39, 0.29) is 5.92 Å². The van der Waals surface area contributed by atoms with E-state index in [1.807, 2.05) is 0 Å². The molecule has 1 aliphatic rings. The fourth-order valence-corrected chi connectivity index (χ4v) is 2.69. The maximum Gasteiger partial charge on any atom is 0.278 e. The maximum absolute atomic E-state index is 9.17. The first-order valence-corrected chi connectivity index (χ1v) is 11.1. The van der Waals surface area contributed by atoms with Gasteiger partial charge in [-0.25, -0.2) is 0 Å². The summed E-state index contributed by atoms with van der Waals surface area (Å²) in [4.78, 5) is 0. The Balaban J connectivity index is 2.58. The van der Waals surface area contributed by atoms with Crippen LogP contribution in [-0.2, 0) is 4.53 Å². The van der Waals surface area contributed by atoms with Crippen molar-refractivity contribution in [1.82, 2.24) is 0 Å². The quantitative estimate of drug-likeness (QED) is 0.535. The van der Waals surface area contributed by atoms with Crippen LogP contribution in [0, 0.1) is 17.2 Å². The SMILES string of the molecule is C[Si](C)(C)ON=C1CCCCCCCC(C#N)CC1. The summed E-state index contributed by atoms with van der Waals surface area (Å²) in [7, 11) is -1.58. The highest BCUT2D eigenvalue weighted by Crippen LogP contribution is 2.20. The van der Waals surface area contributed by atoms with Gasteiger partial charge in [0, 0.05) is 5.92 Å². The van der Waals surface area contributed by atoms with Crippen molar-refractivity contribution in [2.75, 3.05) is 0 Å². The molecular formula is C15H28N2OSi. The van der Waals surface area contributed by atoms with Crippen LogP contribution in [0.2, 0.25) is 19.6 Å². The zero-order chi connectivity index (χ0) is 14.1. The number of oxime groups is 1. The second kappa shape index (κ2) is 8.37. The predicted molar refractivity (Wildman–Crippen MR) is 82.5 cm³/mol. The zero-order valence-electron chi connectivity index (χ0n) is 12.7. The Hall–Kier alpha value is -0.823. The van der Waals surface area contributed by atoms with E-state index in [9.17, 15) is 5.26 Å². The highest BCUT2D eigenvalue weighted by atomic mass is 28.4. The van der Waals surface area contributed by atoms with Crippen molar-refractivity contribution in [2.24, 2.45) is 11.1 Å². The van der Waals surface area contributed by atoms with E-state index in [1.165, 1.54) is 37.8 Å². The second-order valence-corrected chi connectivity index (χ2v) is 10.9. The van der Waals surface area contributed by atoms with Crippen LogP contribution in [0.4, 0.5) is 0 Å². The van der Waals surface area contributed by atoms with Crippen molar-refractivity contribution in [3.8, 4) is 6.07 Å². The molecular weight excluding hydrogens is 252 g/mol. The van der Waals surface area contributed by atoms with Crippen molar-refractivity contribution in [3.05, 3.63) is 0 Å². The molecule has 0 aromatic carbocycles. The number of rotatable bonds is 2. The lowest BCUT2D eigenvalue weighted by Crippen LogP contribution is -2.23. The molecule has 0 aromatic rings. The molecule has 3 nitrogen and oxygen atoms in total. The summed E-state index contributed by atoms with van der Waals surface area (Å²) in [5.74, 6) is 0.204. The monoisotopic (exact) mass is 280 g/mol. The van der Waals surface area contributed by atoms with Crippen LogP contribution in [0.5, 0.6) is 0 Å². The molecule has 0 radical (unpaired) electrons. The smallest absolute Gasteiger partial charge is 0.278 e. The molecule has 0 spiro atoms. The largest absolute Gasteiger partial charge is 0.456 e. The minimum Gasteiger partial charge on any atom is -0.456 e. The normalized spacial score (nSPS) is 25.4. The Morgan fingerprint density at radius 2 is 1.74 bits per heavy atom. The molecule has 1 rings (SSSR count). The highest BCUT2D eigenvalue weighted by molar-refractivity contribution is 6.69. The van der Waals surface area contributed by atoms with E-state index in [0.717, 1.165) is 25.7 Å². The van der Waals surface area contributed by atoms with Gasteiger partial charge in [0.2, 0.25) is 0 Å². The van der Waals surface area contributed by atoms with Crippen molar-refractivity contribution >= 4 is 14.0 Å². The number of hydrogen-bond donors (Lipinski definition) is 0. The Bertz CT molecular complexity index is 328. The zero-order valence-corrected chi connectivity index (χ0v) is 13.7. The van der Waals surface area contributed by atoms with Gasteiger partial charge in [0.05, 0.1) is 11.8 Å². The Labute approximate surface area is 119 Å². The molecule has 0 heterocycles.